The number of sulfonamides is 1. The predicted octanol–water partition coefficient (Wildman–Crippen LogP) is 0.455. The molecule has 1 saturated heterocycles. The average molecular weight is 420 g/mol. The summed E-state index contributed by atoms with van der Waals surface area (Å²) in [7, 11) is -0.225. The normalized spacial score (nSPS) is 14.7. The van der Waals surface area contributed by atoms with Crippen molar-refractivity contribution >= 4 is 27.7 Å². The lowest BCUT2D eigenvalue weighted by atomic mass is 10.2. The summed E-state index contributed by atoms with van der Waals surface area (Å²) in [5.41, 5.74) is 0.331. The molecule has 29 heavy (non-hydrogen) atoms. The Labute approximate surface area is 170 Å². The Morgan fingerprint density at radius 2 is 1.93 bits per heavy atom. The number of ether oxygens (including phenoxy) is 1. The van der Waals surface area contributed by atoms with E-state index in [4.69, 9.17) is 4.74 Å². The van der Waals surface area contributed by atoms with E-state index in [1.54, 1.807) is 25.1 Å². The van der Waals surface area contributed by atoms with Crippen LogP contribution < -0.4 is 14.5 Å². The molecule has 2 heterocycles. The Bertz CT molecular complexity index is 990. The second-order valence-electron chi connectivity index (χ2n) is 6.75. The van der Waals surface area contributed by atoms with E-state index in [2.05, 4.69) is 19.7 Å². The summed E-state index contributed by atoms with van der Waals surface area (Å²) < 4.78 is 33.2. The van der Waals surface area contributed by atoms with Crippen LogP contribution in [0.1, 0.15) is 23.1 Å². The van der Waals surface area contributed by atoms with Crippen molar-refractivity contribution in [3.63, 3.8) is 0 Å². The Morgan fingerprint density at radius 1 is 1.21 bits per heavy atom. The summed E-state index contributed by atoms with van der Waals surface area (Å²) in [6.45, 7) is 3.75. The number of morpholine rings is 1. The molecule has 0 bridgehead atoms. The molecular weight excluding hydrogens is 396 g/mol. The summed E-state index contributed by atoms with van der Waals surface area (Å²) in [5, 5.41) is 0. The fourth-order valence-electron chi connectivity index (χ4n) is 2.70. The third-order valence-electron chi connectivity index (χ3n) is 4.32. The van der Waals surface area contributed by atoms with Crippen LogP contribution in [0.5, 0.6) is 0 Å². The molecule has 0 spiro atoms. The molecule has 156 valence electrons. The van der Waals surface area contributed by atoms with Gasteiger partial charge in [0.2, 0.25) is 21.9 Å². The fourth-order valence-corrected chi connectivity index (χ4v) is 3.73. The van der Waals surface area contributed by atoms with E-state index in [-0.39, 0.29) is 17.2 Å². The zero-order chi connectivity index (χ0) is 21.0. The number of hydrogen-bond acceptors (Lipinski definition) is 9. The highest BCUT2D eigenvalue weighted by atomic mass is 32.2. The van der Waals surface area contributed by atoms with Gasteiger partial charge in [-0.3, -0.25) is 4.79 Å². The Hall–Kier alpha value is -2.63. The zero-order valence-electron chi connectivity index (χ0n) is 16.6. The number of aromatic nitrogens is 3. The van der Waals surface area contributed by atoms with Gasteiger partial charge in [-0.15, -0.1) is 0 Å². The van der Waals surface area contributed by atoms with E-state index in [1.165, 1.54) is 25.1 Å². The number of nitrogens with zero attached hydrogens (tertiary/aromatic N) is 5. The molecule has 1 aromatic heterocycles. The highest BCUT2D eigenvalue weighted by Gasteiger charge is 2.20. The molecule has 1 aliphatic rings. The minimum atomic E-state index is -3.84. The maximum absolute atomic E-state index is 12.7. The number of Topliss-reactive ketones (excluding diaryl/α,β-unsaturated/α-hetero) is 1. The van der Waals surface area contributed by atoms with Crippen LogP contribution in [0.25, 0.3) is 0 Å². The summed E-state index contributed by atoms with van der Waals surface area (Å²) in [6, 6.07) is 5.90. The van der Waals surface area contributed by atoms with Gasteiger partial charge in [0.15, 0.2) is 11.6 Å². The van der Waals surface area contributed by atoms with Crippen LogP contribution in [0.2, 0.25) is 0 Å². The molecule has 1 aromatic carbocycles. The second-order valence-corrected chi connectivity index (χ2v) is 8.52. The van der Waals surface area contributed by atoms with Crippen molar-refractivity contribution in [3.8, 4) is 0 Å². The molecule has 1 fully saturated rings. The van der Waals surface area contributed by atoms with E-state index in [1.807, 2.05) is 4.90 Å². The van der Waals surface area contributed by atoms with Gasteiger partial charge in [0.05, 0.1) is 24.7 Å². The SMILES string of the molecule is CC(=O)c1cccc(S(=O)(=O)NCc2nc(N(C)C)nc(N3CCOCC3)n2)c1. The lowest BCUT2D eigenvalue weighted by Gasteiger charge is -2.27. The topological polar surface area (TPSA) is 118 Å². The van der Waals surface area contributed by atoms with Gasteiger partial charge in [0.25, 0.3) is 0 Å². The third-order valence-corrected chi connectivity index (χ3v) is 5.72. The minimum Gasteiger partial charge on any atom is -0.378 e. The van der Waals surface area contributed by atoms with Crippen molar-refractivity contribution < 1.29 is 17.9 Å². The van der Waals surface area contributed by atoms with Crippen LogP contribution in [0.3, 0.4) is 0 Å². The molecule has 3 rings (SSSR count). The Kier molecular flexibility index (Phi) is 6.40. The predicted molar refractivity (Wildman–Crippen MR) is 108 cm³/mol. The van der Waals surface area contributed by atoms with Crippen LogP contribution in [-0.2, 0) is 21.3 Å². The summed E-state index contributed by atoms with van der Waals surface area (Å²) in [4.78, 5) is 28.5. The molecule has 0 aliphatic carbocycles. The number of carbonyl (C=O) groups excluding carboxylic acids is 1. The van der Waals surface area contributed by atoms with Crippen LogP contribution in [-0.4, -0.2) is 69.6 Å². The van der Waals surface area contributed by atoms with E-state index in [0.29, 0.717) is 49.6 Å². The van der Waals surface area contributed by atoms with Crippen molar-refractivity contribution in [1.82, 2.24) is 19.7 Å². The lowest BCUT2D eigenvalue weighted by molar-refractivity contribution is 0.101. The molecule has 0 radical (unpaired) electrons. The van der Waals surface area contributed by atoms with Crippen molar-refractivity contribution in [2.75, 3.05) is 50.2 Å². The van der Waals surface area contributed by atoms with Gasteiger partial charge in [0.1, 0.15) is 0 Å². The highest BCUT2D eigenvalue weighted by molar-refractivity contribution is 7.89. The number of carbonyl (C=O) groups is 1. The van der Waals surface area contributed by atoms with Crippen LogP contribution in [0.15, 0.2) is 29.2 Å². The van der Waals surface area contributed by atoms with Gasteiger partial charge in [-0.2, -0.15) is 15.0 Å². The largest absolute Gasteiger partial charge is 0.378 e. The maximum Gasteiger partial charge on any atom is 0.240 e. The number of nitrogens with one attached hydrogen (secondary N) is 1. The van der Waals surface area contributed by atoms with Crippen molar-refractivity contribution in [2.45, 2.75) is 18.4 Å². The van der Waals surface area contributed by atoms with Crippen molar-refractivity contribution in [3.05, 3.63) is 35.7 Å². The molecule has 0 amide bonds. The van der Waals surface area contributed by atoms with Crippen LogP contribution in [0, 0.1) is 0 Å². The quantitative estimate of drug-likeness (QED) is 0.637. The van der Waals surface area contributed by atoms with Gasteiger partial charge in [-0.1, -0.05) is 12.1 Å². The number of ketones is 1. The molecule has 11 heteroatoms. The Morgan fingerprint density at radius 3 is 2.59 bits per heavy atom. The van der Waals surface area contributed by atoms with E-state index < -0.39 is 10.0 Å². The first-order valence-electron chi connectivity index (χ1n) is 9.12. The Balaban J connectivity index is 1.82. The van der Waals surface area contributed by atoms with Crippen LogP contribution >= 0.6 is 0 Å². The van der Waals surface area contributed by atoms with E-state index in [9.17, 15) is 13.2 Å². The van der Waals surface area contributed by atoms with Crippen LogP contribution in [0.4, 0.5) is 11.9 Å². The van der Waals surface area contributed by atoms with Gasteiger partial charge in [-0.25, -0.2) is 13.1 Å². The molecule has 2 aromatic rings. The molecule has 0 saturated carbocycles. The molecule has 10 nitrogen and oxygen atoms in total. The van der Waals surface area contributed by atoms with E-state index in [0.717, 1.165) is 0 Å². The van der Waals surface area contributed by atoms with Gasteiger partial charge < -0.3 is 14.5 Å². The van der Waals surface area contributed by atoms with E-state index >= 15 is 0 Å². The number of benzene rings is 1. The summed E-state index contributed by atoms with van der Waals surface area (Å²) >= 11 is 0. The average Bonchev–Trinajstić information content (AvgIpc) is 2.73. The first-order chi connectivity index (χ1) is 13.8. The third kappa shape index (κ3) is 5.25. The van der Waals surface area contributed by atoms with Gasteiger partial charge in [-0.05, 0) is 19.1 Å². The number of hydrogen-bond donors (Lipinski definition) is 1. The first-order valence-corrected chi connectivity index (χ1v) is 10.6. The lowest BCUT2D eigenvalue weighted by Crippen LogP contribution is -2.38. The smallest absolute Gasteiger partial charge is 0.240 e. The number of anilines is 2. The molecule has 0 atom stereocenters. The minimum absolute atomic E-state index is 0.0143. The standard InChI is InChI=1S/C18H24N6O4S/c1-13(25)14-5-4-6-15(11-14)29(26,27)19-12-16-20-17(23(2)3)22-18(21-16)24-7-9-28-10-8-24/h4-6,11,19H,7-10,12H2,1-3H3. The molecule has 1 aliphatic heterocycles. The second kappa shape index (κ2) is 8.80. The molecule has 0 unspecified atom stereocenters. The maximum atomic E-state index is 12.7. The van der Waals surface area contributed by atoms with Gasteiger partial charge in [0, 0.05) is 32.7 Å². The zero-order valence-corrected chi connectivity index (χ0v) is 17.4. The molecular formula is C18H24N6O4S. The van der Waals surface area contributed by atoms with Gasteiger partial charge >= 0.3 is 0 Å². The monoisotopic (exact) mass is 420 g/mol. The summed E-state index contributed by atoms with van der Waals surface area (Å²) in [6.07, 6.45) is 0. The first kappa shape index (κ1) is 21.1. The number of rotatable bonds is 7. The fraction of sp³-hybridized carbons (Fsp3) is 0.444. The highest BCUT2D eigenvalue weighted by Crippen LogP contribution is 2.16. The van der Waals surface area contributed by atoms with Crippen molar-refractivity contribution in [1.29, 1.82) is 0 Å². The summed E-state index contributed by atoms with van der Waals surface area (Å²) in [5.74, 6) is 1.02. The molecule has 1 N–H and O–H groups in total. The van der Waals surface area contributed by atoms with Crippen molar-refractivity contribution in [2.24, 2.45) is 0 Å².